The number of nitrogens with two attached hydrogens (primary N) is 1. The zero-order valence-electron chi connectivity index (χ0n) is 16.2. The number of β-lactam (4-membered cyclic amide) rings is 1. The first kappa shape index (κ1) is 23.2. The van der Waals surface area contributed by atoms with Crippen LogP contribution in [-0.4, -0.2) is 77.1 Å². The Morgan fingerprint density at radius 3 is 2.65 bits per heavy atom. The quantitative estimate of drug-likeness (QED) is 0.208. The number of aliphatic carboxylic acids is 2. The molecular weight excluding hydrogens is 466 g/mol. The summed E-state index contributed by atoms with van der Waals surface area (Å²) in [4.78, 5) is 48.8. The SMILES string of the molecule is Cc1nnc(C(=S)C2=C(C(=O)O)N3C(=O)[C@@H](NC(=O)CCCC(N)C(=O)O)[C@@H]3SC2)s1. The lowest BCUT2D eigenvalue weighted by molar-refractivity contribution is -0.150. The summed E-state index contributed by atoms with van der Waals surface area (Å²) in [6.07, 6.45) is 0.390. The molecule has 3 atom stereocenters. The molecule has 0 saturated carbocycles. The number of amides is 2. The van der Waals surface area contributed by atoms with Gasteiger partial charge >= 0.3 is 11.9 Å². The van der Waals surface area contributed by atoms with E-state index in [-0.39, 0.29) is 35.6 Å². The number of hydrogen-bond acceptors (Lipinski definition) is 10. The third-order valence-electron chi connectivity index (χ3n) is 4.72. The molecule has 1 unspecified atom stereocenters. The summed E-state index contributed by atoms with van der Waals surface area (Å²) in [5.74, 6) is -3.16. The first-order valence-electron chi connectivity index (χ1n) is 9.15. The fourth-order valence-corrected chi connectivity index (χ4v) is 5.60. The zero-order valence-corrected chi connectivity index (χ0v) is 18.7. The Balaban J connectivity index is 1.68. The number of nitrogens with one attached hydrogen (secondary N) is 1. The Bertz CT molecular complexity index is 993. The van der Waals surface area contributed by atoms with Crippen molar-refractivity contribution < 1.29 is 29.4 Å². The minimum Gasteiger partial charge on any atom is -0.480 e. The van der Waals surface area contributed by atoms with Gasteiger partial charge in [-0.2, -0.15) is 0 Å². The summed E-state index contributed by atoms with van der Waals surface area (Å²) < 4.78 is 0. The minimum absolute atomic E-state index is 0.00943. The van der Waals surface area contributed by atoms with Gasteiger partial charge in [-0.15, -0.1) is 22.0 Å². The molecule has 166 valence electrons. The number of carbonyl (C=O) groups excluding carboxylic acids is 2. The van der Waals surface area contributed by atoms with Gasteiger partial charge in [-0.25, -0.2) is 4.79 Å². The number of carbonyl (C=O) groups is 4. The third-order valence-corrected chi connectivity index (χ3v) is 7.42. The van der Waals surface area contributed by atoms with Gasteiger partial charge < -0.3 is 21.3 Å². The van der Waals surface area contributed by atoms with Gasteiger partial charge in [0.15, 0.2) is 5.01 Å². The van der Waals surface area contributed by atoms with Crippen LogP contribution >= 0.6 is 35.3 Å². The fourth-order valence-electron chi connectivity index (χ4n) is 3.16. The highest BCUT2D eigenvalue weighted by Crippen LogP contribution is 2.41. The maximum Gasteiger partial charge on any atom is 0.353 e. The first-order chi connectivity index (χ1) is 14.6. The van der Waals surface area contributed by atoms with E-state index in [1.165, 1.54) is 23.1 Å². The molecule has 0 radical (unpaired) electrons. The second-order valence-electron chi connectivity index (χ2n) is 6.88. The van der Waals surface area contributed by atoms with Crippen LogP contribution in [0.25, 0.3) is 0 Å². The molecule has 3 heterocycles. The number of nitrogens with zero attached hydrogens (tertiary/aromatic N) is 3. The van der Waals surface area contributed by atoms with E-state index >= 15 is 0 Å². The molecule has 11 nitrogen and oxygen atoms in total. The molecule has 2 amide bonds. The number of thiocarbonyl (C=S) groups is 1. The lowest BCUT2D eigenvalue weighted by Gasteiger charge is -2.49. The smallest absolute Gasteiger partial charge is 0.353 e. The van der Waals surface area contributed by atoms with Gasteiger partial charge in [0, 0.05) is 17.7 Å². The van der Waals surface area contributed by atoms with E-state index in [2.05, 4.69) is 15.5 Å². The van der Waals surface area contributed by atoms with Crippen molar-refractivity contribution in [1.82, 2.24) is 20.4 Å². The number of thioether (sulfide) groups is 1. The van der Waals surface area contributed by atoms with E-state index in [0.717, 1.165) is 4.90 Å². The molecule has 0 spiro atoms. The lowest BCUT2D eigenvalue weighted by atomic mass is 10.0. The van der Waals surface area contributed by atoms with Crippen molar-refractivity contribution >= 4 is 63.9 Å². The molecule has 2 aliphatic rings. The fraction of sp³-hybridized carbons (Fsp3) is 0.471. The monoisotopic (exact) mass is 485 g/mol. The average molecular weight is 486 g/mol. The molecule has 5 N–H and O–H groups in total. The minimum atomic E-state index is -1.29. The number of carboxylic acids is 2. The number of fused-ring (bicyclic) bond motifs is 1. The zero-order chi connectivity index (χ0) is 22.9. The average Bonchev–Trinajstić information content (AvgIpc) is 3.16. The Labute approximate surface area is 190 Å². The highest BCUT2D eigenvalue weighted by atomic mass is 32.2. The summed E-state index contributed by atoms with van der Waals surface area (Å²) in [5, 5.41) is 29.5. The second kappa shape index (κ2) is 9.38. The highest BCUT2D eigenvalue weighted by molar-refractivity contribution is 8.00. The van der Waals surface area contributed by atoms with E-state index in [9.17, 15) is 24.3 Å². The van der Waals surface area contributed by atoms with Crippen molar-refractivity contribution in [3.8, 4) is 0 Å². The summed E-state index contributed by atoms with van der Waals surface area (Å²) >= 11 is 7.94. The van der Waals surface area contributed by atoms with Crippen LogP contribution in [0.15, 0.2) is 11.3 Å². The Hall–Kier alpha value is -2.42. The molecule has 0 aliphatic carbocycles. The number of carboxylic acid groups (broad SMARTS) is 2. The molecule has 3 rings (SSSR count). The number of hydrogen-bond donors (Lipinski definition) is 4. The van der Waals surface area contributed by atoms with E-state index < -0.39 is 41.2 Å². The number of aryl methyl sites for hydroxylation is 1. The van der Waals surface area contributed by atoms with Gasteiger partial charge in [0.25, 0.3) is 5.91 Å². The molecule has 1 saturated heterocycles. The molecule has 1 fully saturated rings. The van der Waals surface area contributed by atoms with Crippen LogP contribution < -0.4 is 11.1 Å². The molecule has 14 heteroatoms. The van der Waals surface area contributed by atoms with Gasteiger partial charge in [-0.05, 0) is 19.8 Å². The third kappa shape index (κ3) is 4.76. The topological polar surface area (TPSA) is 176 Å². The van der Waals surface area contributed by atoms with Gasteiger partial charge in [0.2, 0.25) is 5.91 Å². The van der Waals surface area contributed by atoms with Crippen molar-refractivity contribution in [1.29, 1.82) is 0 Å². The lowest BCUT2D eigenvalue weighted by Crippen LogP contribution is -2.70. The molecule has 0 bridgehead atoms. The van der Waals surface area contributed by atoms with Crippen molar-refractivity contribution in [2.45, 2.75) is 43.6 Å². The van der Waals surface area contributed by atoms with E-state index in [4.69, 9.17) is 23.1 Å². The predicted octanol–water partition coefficient (Wildman–Crippen LogP) is -0.115. The molecular formula is C17H19N5O6S3. The van der Waals surface area contributed by atoms with Gasteiger partial charge in [-0.1, -0.05) is 23.6 Å². The Morgan fingerprint density at radius 1 is 1.35 bits per heavy atom. The van der Waals surface area contributed by atoms with Gasteiger partial charge in [-0.3, -0.25) is 19.3 Å². The van der Waals surface area contributed by atoms with Crippen molar-refractivity contribution in [3.05, 3.63) is 21.3 Å². The van der Waals surface area contributed by atoms with Crippen LogP contribution in [0.5, 0.6) is 0 Å². The van der Waals surface area contributed by atoms with Crippen molar-refractivity contribution in [3.63, 3.8) is 0 Å². The van der Waals surface area contributed by atoms with Crippen LogP contribution in [0.3, 0.4) is 0 Å². The predicted molar refractivity (Wildman–Crippen MR) is 115 cm³/mol. The van der Waals surface area contributed by atoms with Crippen molar-refractivity contribution in [2.24, 2.45) is 5.73 Å². The largest absolute Gasteiger partial charge is 0.480 e. The second-order valence-corrected chi connectivity index (χ2v) is 9.57. The summed E-state index contributed by atoms with van der Waals surface area (Å²) in [6, 6.07) is -1.91. The van der Waals surface area contributed by atoms with Gasteiger partial charge in [0.1, 0.15) is 28.2 Å². The Morgan fingerprint density at radius 2 is 2.06 bits per heavy atom. The molecule has 0 aromatic carbocycles. The maximum absolute atomic E-state index is 12.7. The normalized spacial score (nSPS) is 21.2. The number of aromatic nitrogens is 2. The molecule has 31 heavy (non-hydrogen) atoms. The van der Waals surface area contributed by atoms with Crippen molar-refractivity contribution in [2.75, 3.05) is 5.75 Å². The van der Waals surface area contributed by atoms with E-state index in [1.54, 1.807) is 6.92 Å². The van der Waals surface area contributed by atoms with Crippen LogP contribution in [-0.2, 0) is 19.2 Å². The summed E-state index contributed by atoms with van der Waals surface area (Å²) in [6.45, 7) is 1.75. The van der Waals surface area contributed by atoms with E-state index in [1.807, 2.05) is 0 Å². The highest BCUT2D eigenvalue weighted by Gasteiger charge is 2.54. The standard InChI is InChI=1S/C17H19N5O6S3/c1-6-20-21-13(31-6)12(29)7-5-30-15-10(14(24)22(15)11(7)17(27)28)19-9(23)4-2-3-8(18)16(25)26/h8,10,15H,2-5,18H2,1H3,(H,19,23)(H,25,26)(H,27,28)/t8?,10-,15+/m1/s1. The van der Waals surface area contributed by atoms with Crippen LogP contribution in [0, 0.1) is 6.92 Å². The molecule has 1 aromatic heterocycles. The maximum atomic E-state index is 12.7. The summed E-state index contributed by atoms with van der Waals surface area (Å²) in [7, 11) is 0. The first-order valence-corrected chi connectivity index (χ1v) is 11.4. The van der Waals surface area contributed by atoms with E-state index in [0.29, 0.717) is 15.6 Å². The van der Waals surface area contributed by atoms with Gasteiger partial charge in [0.05, 0.1) is 4.86 Å². The number of rotatable bonds is 9. The molecule has 2 aliphatic heterocycles. The summed E-state index contributed by atoms with van der Waals surface area (Å²) in [5.41, 5.74) is 5.52. The van der Waals surface area contributed by atoms with Crippen LogP contribution in [0.4, 0.5) is 0 Å². The van der Waals surface area contributed by atoms with Crippen LogP contribution in [0.1, 0.15) is 29.3 Å². The van der Waals surface area contributed by atoms with Crippen LogP contribution in [0.2, 0.25) is 0 Å². The molecule has 1 aromatic rings. The Kier molecular flexibility index (Phi) is 7.03.